The fourth-order valence-corrected chi connectivity index (χ4v) is 4.00. The summed E-state index contributed by atoms with van der Waals surface area (Å²) < 4.78 is 14.8. The summed E-state index contributed by atoms with van der Waals surface area (Å²) in [5.41, 5.74) is 2.51. The van der Waals surface area contributed by atoms with Gasteiger partial charge >= 0.3 is 0 Å². The Morgan fingerprint density at radius 3 is 2.48 bits per heavy atom. The van der Waals surface area contributed by atoms with Crippen LogP contribution in [0.1, 0.15) is 53.0 Å². The minimum atomic E-state index is -0.733. The summed E-state index contributed by atoms with van der Waals surface area (Å²) in [6.07, 6.45) is 5.06. The number of halogens is 1. The van der Waals surface area contributed by atoms with Crippen LogP contribution in [0.5, 0.6) is 0 Å². The molecule has 0 atom stereocenters. The lowest BCUT2D eigenvalue weighted by atomic mass is 9.72. The molecule has 0 radical (unpaired) electrons. The van der Waals surface area contributed by atoms with Crippen LogP contribution in [0.4, 0.5) is 4.39 Å². The van der Waals surface area contributed by atoms with Crippen molar-refractivity contribution in [2.45, 2.75) is 44.4 Å². The molecule has 0 aliphatic heterocycles. The van der Waals surface area contributed by atoms with Gasteiger partial charge in [0.1, 0.15) is 17.0 Å². The van der Waals surface area contributed by atoms with Gasteiger partial charge in [-0.1, -0.05) is 6.07 Å². The Bertz CT molecular complexity index is 1160. The van der Waals surface area contributed by atoms with Crippen LogP contribution < -0.4 is 0 Å². The van der Waals surface area contributed by atoms with Crippen LogP contribution in [0.25, 0.3) is 5.69 Å². The summed E-state index contributed by atoms with van der Waals surface area (Å²) in [6, 6.07) is 11.9. The number of benzene rings is 1. The van der Waals surface area contributed by atoms with Crippen molar-refractivity contribution in [1.29, 1.82) is 5.26 Å². The molecule has 7 heteroatoms. The largest absolute Gasteiger partial charge is 0.300 e. The van der Waals surface area contributed by atoms with Crippen molar-refractivity contribution >= 4 is 11.6 Å². The Hall–Kier alpha value is -3.66. The van der Waals surface area contributed by atoms with Crippen LogP contribution in [0.2, 0.25) is 0 Å². The van der Waals surface area contributed by atoms with E-state index in [1.165, 1.54) is 18.3 Å². The van der Waals surface area contributed by atoms with Crippen LogP contribution >= 0.6 is 0 Å². The normalized spacial score (nSPS) is 15.5. The summed E-state index contributed by atoms with van der Waals surface area (Å²) in [7, 11) is 0. The second kappa shape index (κ2) is 8.23. The van der Waals surface area contributed by atoms with Gasteiger partial charge in [-0.3, -0.25) is 14.6 Å². The molecular weight excluding hydrogens is 395 g/mol. The maximum Gasteiger partial charge on any atom is 0.170 e. The van der Waals surface area contributed by atoms with Gasteiger partial charge in [0.05, 0.1) is 34.9 Å². The van der Waals surface area contributed by atoms with Gasteiger partial charge in [0.15, 0.2) is 5.78 Å². The molecule has 2 aromatic heterocycles. The van der Waals surface area contributed by atoms with Gasteiger partial charge in [-0.15, -0.1) is 0 Å². The quantitative estimate of drug-likeness (QED) is 0.586. The molecule has 0 spiro atoms. The van der Waals surface area contributed by atoms with Crippen molar-refractivity contribution in [3.8, 4) is 11.8 Å². The Labute approximate surface area is 179 Å². The first-order valence-electron chi connectivity index (χ1n) is 10.1. The molecule has 1 saturated carbocycles. The molecule has 31 heavy (non-hydrogen) atoms. The lowest BCUT2D eigenvalue weighted by Crippen LogP contribution is -2.31. The predicted octanol–water partition coefficient (Wildman–Crippen LogP) is 4.04. The Kier molecular flexibility index (Phi) is 5.47. The third kappa shape index (κ3) is 4.02. The molecule has 3 aromatic rings. The molecule has 0 saturated heterocycles. The number of pyridine rings is 1. The van der Waals surface area contributed by atoms with Crippen molar-refractivity contribution in [3.05, 3.63) is 77.1 Å². The highest BCUT2D eigenvalue weighted by Crippen LogP contribution is 2.36. The molecule has 6 nitrogen and oxygen atoms in total. The molecule has 0 N–H and O–H groups in total. The predicted molar refractivity (Wildman–Crippen MR) is 111 cm³/mol. The van der Waals surface area contributed by atoms with Crippen LogP contribution in [0.15, 0.2) is 48.8 Å². The lowest BCUT2D eigenvalue weighted by molar-refractivity contribution is -0.121. The van der Waals surface area contributed by atoms with Crippen molar-refractivity contribution in [2.24, 2.45) is 0 Å². The molecule has 2 heterocycles. The third-order valence-electron chi connectivity index (χ3n) is 5.94. The fourth-order valence-electron chi connectivity index (χ4n) is 4.00. The standard InChI is InChI=1S/C24H21FN4O2/c1-16-21(14-28-29(16)19-5-3-18(25)4-6-19)22(31)12-17-2-7-23(27-13-17)24(15-26)10-8-20(30)9-11-24/h2-7,13-14H,8-12H2,1H3. The van der Waals surface area contributed by atoms with Crippen molar-refractivity contribution in [3.63, 3.8) is 0 Å². The second-order valence-electron chi connectivity index (χ2n) is 7.92. The smallest absolute Gasteiger partial charge is 0.170 e. The Morgan fingerprint density at radius 2 is 1.87 bits per heavy atom. The number of carbonyl (C=O) groups is 2. The zero-order chi connectivity index (χ0) is 22.0. The number of carbonyl (C=O) groups excluding carboxylic acids is 2. The highest BCUT2D eigenvalue weighted by molar-refractivity contribution is 5.98. The van der Waals surface area contributed by atoms with Gasteiger partial charge in [0, 0.05) is 25.5 Å². The van der Waals surface area contributed by atoms with Gasteiger partial charge in [-0.2, -0.15) is 10.4 Å². The number of hydrogen-bond acceptors (Lipinski definition) is 5. The number of rotatable bonds is 5. The first kappa shape index (κ1) is 20.6. The zero-order valence-corrected chi connectivity index (χ0v) is 17.1. The number of hydrogen-bond donors (Lipinski definition) is 0. The molecule has 0 unspecified atom stereocenters. The summed E-state index contributed by atoms with van der Waals surface area (Å²) in [6.45, 7) is 1.80. The SMILES string of the molecule is Cc1c(C(=O)Cc2ccc(C3(C#N)CCC(=O)CC3)nc2)cnn1-c1ccc(F)cc1. The number of Topliss-reactive ketones (excluding diaryl/α,β-unsaturated/α-hetero) is 2. The average Bonchev–Trinajstić information content (AvgIpc) is 3.17. The summed E-state index contributed by atoms with van der Waals surface area (Å²) in [4.78, 5) is 28.9. The van der Waals surface area contributed by atoms with Crippen molar-refractivity contribution in [1.82, 2.24) is 14.8 Å². The summed E-state index contributed by atoms with van der Waals surface area (Å²) in [5, 5.41) is 14.0. The molecule has 0 bridgehead atoms. The van der Waals surface area contributed by atoms with Gasteiger partial charge in [0.25, 0.3) is 0 Å². The highest BCUT2D eigenvalue weighted by atomic mass is 19.1. The monoisotopic (exact) mass is 416 g/mol. The number of ketones is 2. The highest BCUT2D eigenvalue weighted by Gasteiger charge is 2.37. The minimum absolute atomic E-state index is 0.0985. The van der Waals surface area contributed by atoms with E-state index in [9.17, 15) is 19.2 Å². The minimum Gasteiger partial charge on any atom is -0.300 e. The first-order chi connectivity index (χ1) is 14.9. The van der Waals surface area contributed by atoms with E-state index in [0.717, 1.165) is 5.56 Å². The van der Waals surface area contributed by atoms with Crippen LogP contribution in [0.3, 0.4) is 0 Å². The number of nitrogens with zero attached hydrogens (tertiary/aromatic N) is 4. The molecule has 0 amide bonds. The second-order valence-corrected chi connectivity index (χ2v) is 7.92. The van der Waals surface area contributed by atoms with E-state index in [0.29, 0.717) is 48.3 Å². The van der Waals surface area contributed by atoms with E-state index < -0.39 is 5.41 Å². The molecule has 156 valence electrons. The first-order valence-corrected chi connectivity index (χ1v) is 10.1. The van der Waals surface area contributed by atoms with Crippen LogP contribution in [-0.2, 0) is 16.6 Å². The number of aromatic nitrogens is 3. The van der Waals surface area contributed by atoms with Crippen LogP contribution in [0, 0.1) is 24.1 Å². The summed E-state index contributed by atoms with van der Waals surface area (Å²) in [5.74, 6) is -0.248. The molecule has 1 fully saturated rings. The van der Waals surface area contributed by atoms with Gasteiger partial charge in [0.2, 0.25) is 0 Å². The van der Waals surface area contributed by atoms with E-state index in [2.05, 4.69) is 16.2 Å². The third-order valence-corrected chi connectivity index (χ3v) is 5.94. The van der Waals surface area contributed by atoms with Crippen molar-refractivity contribution in [2.75, 3.05) is 0 Å². The van der Waals surface area contributed by atoms with E-state index in [1.54, 1.807) is 36.0 Å². The lowest BCUT2D eigenvalue weighted by Gasteiger charge is -2.29. The maximum atomic E-state index is 13.2. The van der Waals surface area contributed by atoms with Gasteiger partial charge < -0.3 is 0 Å². The van der Waals surface area contributed by atoms with E-state index in [1.807, 2.05) is 6.07 Å². The molecule has 4 rings (SSSR count). The molecule has 1 aliphatic rings. The molecular formula is C24H21FN4O2. The van der Waals surface area contributed by atoms with Gasteiger partial charge in [-0.25, -0.2) is 9.07 Å². The Balaban J connectivity index is 1.50. The zero-order valence-electron chi connectivity index (χ0n) is 17.1. The average molecular weight is 416 g/mol. The topological polar surface area (TPSA) is 88.6 Å². The maximum absolute atomic E-state index is 13.2. The fraction of sp³-hybridized carbons (Fsp3) is 0.292. The van der Waals surface area contributed by atoms with E-state index in [4.69, 9.17) is 0 Å². The van der Waals surface area contributed by atoms with E-state index >= 15 is 0 Å². The van der Waals surface area contributed by atoms with Gasteiger partial charge in [-0.05, 0) is 55.7 Å². The summed E-state index contributed by atoms with van der Waals surface area (Å²) >= 11 is 0. The van der Waals surface area contributed by atoms with E-state index in [-0.39, 0.29) is 23.8 Å². The Morgan fingerprint density at radius 1 is 1.16 bits per heavy atom. The molecule has 1 aromatic carbocycles. The van der Waals surface area contributed by atoms with Crippen LogP contribution in [-0.4, -0.2) is 26.3 Å². The molecule has 1 aliphatic carbocycles. The van der Waals surface area contributed by atoms with Crippen molar-refractivity contribution < 1.29 is 14.0 Å². The number of nitriles is 1.